The van der Waals surface area contributed by atoms with Gasteiger partial charge in [-0.2, -0.15) is 0 Å². The highest BCUT2D eigenvalue weighted by molar-refractivity contribution is 6.00. The number of ether oxygens (including phenoxy) is 1. The molecule has 1 aromatic heterocycles. The van der Waals surface area contributed by atoms with Crippen molar-refractivity contribution in [1.82, 2.24) is 5.16 Å². The summed E-state index contributed by atoms with van der Waals surface area (Å²) in [5.41, 5.74) is 4.27. The molecule has 3 aromatic rings. The minimum atomic E-state index is -0.833. The van der Waals surface area contributed by atoms with Crippen LogP contribution in [0.25, 0.3) is 11.0 Å². The van der Waals surface area contributed by atoms with Gasteiger partial charge in [-0.05, 0) is 55.5 Å². The van der Waals surface area contributed by atoms with Gasteiger partial charge in [-0.3, -0.25) is 9.59 Å². The Bertz CT molecular complexity index is 989. The molecule has 0 N–H and O–H groups in total. The fraction of sp³-hybridized carbons (Fsp3) is 0.286. The van der Waals surface area contributed by atoms with E-state index in [1.807, 2.05) is 36.4 Å². The lowest BCUT2D eigenvalue weighted by Gasteiger charge is -2.12. The third kappa shape index (κ3) is 3.12. The maximum atomic E-state index is 12.6. The first kappa shape index (κ1) is 16.5. The molecule has 132 valence electrons. The van der Waals surface area contributed by atoms with E-state index in [4.69, 9.17) is 9.26 Å². The van der Waals surface area contributed by atoms with Crippen molar-refractivity contribution < 1.29 is 18.8 Å². The van der Waals surface area contributed by atoms with Crippen molar-refractivity contribution >= 4 is 22.7 Å². The zero-order chi connectivity index (χ0) is 18.1. The zero-order valence-corrected chi connectivity index (χ0v) is 14.5. The minimum absolute atomic E-state index is 0.0289. The van der Waals surface area contributed by atoms with Crippen molar-refractivity contribution in [3.63, 3.8) is 0 Å². The number of fused-ring (bicyclic) bond motifs is 2. The second-order valence-electron chi connectivity index (χ2n) is 6.64. The van der Waals surface area contributed by atoms with Crippen LogP contribution in [0.2, 0.25) is 0 Å². The molecule has 0 bridgehead atoms. The number of hydrogen-bond acceptors (Lipinski definition) is 5. The number of rotatable bonds is 5. The van der Waals surface area contributed by atoms with Crippen molar-refractivity contribution in [2.45, 2.75) is 38.7 Å². The number of carbonyl (C=O) groups is 2. The maximum Gasteiger partial charge on any atom is 0.312 e. The predicted octanol–water partition coefficient (Wildman–Crippen LogP) is 3.67. The lowest BCUT2D eigenvalue weighted by Crippen LogP contribution is -2.25. The second kappa shape index (κ2) is 6.75. The first-order valence-corrected chi connectivity index (χ1v) is 8.80. The van der Waals surface area contributed by atoms with Crippen LogP contribution in [0, 0.1) is 0 Å². The summed E-state index contributed by atoms with van der Waals surface area (Å²) >= 11 is 0. The molecular formula is C21H19NO4. The lowest BCUT2D eigenvalue weighted by molar-refractivity contribution is -0.145. The van der Waals surface area contributed by atoms with Crippen LogP contribution in [0.4, 0.5) is 0 Å². The van der Waals surface area contributed by atoms with Gasteiger partial charge in [-0.25, -0.2) is 0 Å². The number of benzene rings is 2. The van der Waals surface area contributed by atoms with E-state index in [2.05, 4.69) is 5.16 Å². The molecule has 1 aliphatic rings. The standard InChI is InChI=1S/C21H19NO4/c1-13(21(24)16-10-9-14-5-4-6-15(14)11-16)25-20(23)12-18-17-7-2-3-8-19(17)26-22-18/h2-3,7-11,13H,4-6,12H2,1H3/t13-/m0/s1. The number of hydrogen-bond donors (Lipinski definition) is 0. The van der Waals surface area contributed by atoms with Gasteiger partial charge in [0.25, 0.3) is 0 Å². The predicted molar refractivity (Wildman–Crippen MR) is 96.1 cm³/mol. The molecule has 0 saturated carbocycles. The van der Waals surface area contributed by atoms with Crippen LogP contribution >= 0.6 is 0 Å². The van der Waals surface area contributed by atoms with Gasteiger partial charge >= 0.3 is 5.97 Å². The number of esters is 1. The average Bonchev–Trinajstić information content (AvgIpc) is 3.27. The molecule has 0 fully saturated rings. The number of para-hydroxylation sites is 1. The number of aryl methyl sites for hydroxylation is 2. The molecule has 4 rings (SSSR count). The Balaban J connectivity index is 1.43. The van der Waals surface area contributed by atoms with Crippen molar-refractivity contribution in [1.29, 1.82) is 0 Å². The second-order valence-corrected chi connectivity index (χ2v) is 6.64. The highest BCUT2D eigenvalue weighted by Crippen LogP contribution is 2.24. The molecule has 0 aliphatic heterocycles. The monoisotopic (exact) mass is 349 g/mol. The molecule has 0 amide bonds. The maximum absolute atomic E-state index is 12.6. The first-order valence-electron chi connectivity index (χ1n) is 8.80. The molecule has 0 radical (unpaired) electrons. The highest BCUT2D eigenvalue weighted by Gasteiger charge is 2.22. The van der Waals surface area contributed by atoms with Crippen LogP contribution in [-0.2, 0) is 28.8 Å². The fourth-order valence-corrected chi connectivity index (χ4v) is 3.45. The number of nitrogens with zero attached hydrogens (tertiary/aromatic N) is 1. The van der Waals surface area contributed by atoms with E-state index < -0.39 is 12.1 Å². The Hall–Kier alpha value is -2.95. The van der Waals surface area contributed by atoms with Gasteiger partial charge in [0, 0.05) is 10.9 Å². The van der Waals surface area contributed by atoms with Gasteiger partial charge in [0.1, 0.15) is 5.69 Å². The largest absolute Gasteiger partial charge is 0.454 e. The molecule has 0 spiro atoms. The molecule has 26 heavy (non-hydrogen) atoms. The van der Waals surface area contributed by atoms with Crippen LogP contribution in [0.1, 0.15) is 40.5 Å². The van der Waals surface area contributed by atoms with Gasteiger partial charge in [-0.15, -0.1) is 0 Å². The Labute approximate surface area is 150 Å². The highest BCUT2D eigenvalue weighted by atomic mass is 16.5. The average molecular weight is 349 g/mol. The summed E-state index contributed by atoms with van der Waals surface area (Å²) < 4.78 is 10.5. The van der Waals surface area contributed by atoms with Gasteiger partial charge < -0.3 is 9.26 Å². The van der Waals surface area contributed by atoms with Crippen LogP contribution in [0.3, 0.4) is 0 Å². The van der Waals surface area contributed by atoms with E-state index in [0.717, 1.165) is 24.6 Å². The normalized spacial score (nSPS) is 14.2. The quantitative estimate of drug-likeness (QED) is 0.519. The van der Waals surface area contributed by atoms with E-state index >= 15 is 0 Å². The van der Waals surface area contributed by atoms with Gasteiger partial charge in [0.2, 0.25) is 5.78 Å². The summed E-state index contributed by atoms with van der Waals surface area (Å²) in [6.45, 7) is 1.61. The number of carbonyl (C=O) groups excluding carboxylic acids is 2. The Morgan fingerprint density at radius 1 is 1.15 bits per heavy atom. The third-order valence-corrected chi connectivity index (χ3v) is 4.82. The summed E-state index contributed by atoms with van der Waals surface area (Å²) in [4.78, 5) is 24.8. The van der Waals surface area contributed by atoms with Crippen molar-refractivity contribution in [2.75, 3.05) is 0 Å². The van der Waals surface area contributed by atoms with Crippen molar-refractivity contribution in [3.05, 3.63) is 64.8 Å². The topological polar surface area (TPSA) is 69.4 Å². The fourth-order valence-electron chi connectivity index (χ4n) is 3.45. The lowest BCUT2D eigenvalue weighted by atomic mass is 10.0. The SMILES string of the molecule is C[C@H](OC(=O)Cc1noc2ccccc12)C(=O)c1ccc2c(c1)CCC2. The molecule has 5 heteroatoms. The number of aromatic nitrogens is 1. The summed E-state index contributed by atoms with van der Waals surface area (Å²) in [7, 11) is 0. The zero-order valence-electron chi connectivity index (χ0n) is 14.5. The van der Waals surface area contributed by atoms with E-state index in [0.29, 0.717) is 16.8 Å². The van der Waals surface area contributed by atoms with Gasteiger partial charge in [-0.1, -0.05) is 29.4 Å². The summed E-state index contributed by atoms with van der Waals surface area (Å²) in [6.07, 6.45) is 2.34. The summed E-state index contributed by atoms with van der Waals surface area (Å²) in [6, 6.07) is 13.1. The molecule has 5 nitrogen and oxygen atoms in total. The molecular weight excluding hydrogens is 330 g/mol. The van der Waals surface area contributed by atoms with Crippen LogP contribution in [0.15, 0.2) is 47.0 Å². The van der Waals surface area contributed by atoms with Crippen molar-refractivity contribution in [3.8, 4) is 0 Å². The molecule has 1 atom stereocenters. The molecule has 2 aromatic carbocycles. The van der Waals surface area contributed by atoms with E-state index in [1.165, 1.54) is 11.1 Å². The van der Waals surface area contributed by atoms with Crippen molar-refractivity contribution in [2.24, 2.45) is 0 Å². The Kier molecular flexibility index (Phi) is 4.29. The van der Waals surface area contributed by atoms with E-state index in [-0.39, 0.29) is 12.2 Å². The van der Waals surface area contributed by atoms with Crippen LogP contribution in [0.5, 0.6) is 0 Å². The number of Topliss-reactive ketones (excluding diaryl/α,β-unsaturated/α-hetero) is 1. The summed E-state index contributed by atoms with van der Waals surface area (Å²) in [5, 5.41) is 4.70. The number of ketones is 1. The van der Waals surface area contributed by atoms with E-state index in [1.54, 1.807) is 13.0 Å². The molecule has 0 saturated heterocycles. The Morgan fingerprint density at radius 3 is 2.85 bits per heavy atom. The minimum Gasteiger partial charge on any atom is -0.454 e. The van der Waals surface area contributed by atoms with Crippen LogP contribution in [-0.4, -0.2) is 23.0 Å². The van der Waals surface area contributed by atoms with Crippen LogP contribution < -0.4 is 0 Å². The van der Waals surface area contributed by atoms with E-state index in [9.17, 15) is 9.59 Å². The molecule has 1 aliphatic carbocycles. The first-order chi connectivity index (χ1) is 12.6. The molecule has 1 heterocycles. The summed E-state index contributed by atoms with van der Waals surface area (Å²) in [5.74, 6) is -0.677. The third-order valence-electron chi connectivity index (χ3n) is 4.82. The Morgan fingerprint density at radius 2 is 1.96 bits per heavy atom. The molecule has 0 unspecified atom stereocenters. The van der Waals surface area contributed by atoms with Gasteiger partial charge in [0.05, 0.1) is 6.42 Å². The van der Waals surface area contributed by atoms with Gasteiger partial charge in [0.15, 0.2) is 11.7 Å². The smallest absolute Gasteiger partial charge is 0.312 e.